The Kier molecular flexibility index (Phi) is 9.08. The van der Waals surface area contributed by atoms with Crippen LogP contribution >= 0.6 is 0 Å². The van der Waals surface area contributed by atoms with Crippen molar-refractivity contribution in [3.05, 3.63) is 113 Å². The van der Waals surface area contributed by atoms with E-state index in [9.17, 15) is 17.6 Å². The molecule has 4 aromatic carbocycles. The number of aromatic nitrogens is 4. The molecule has 4 N–H and O–H groups in total. The Morgan fingerprint density at radius 2 is 1.75 bits per heavy atom. The van der Waals surface area contributed by atoms with Crippen LogP contribution in [-0.4, -0.2) is 54.9 Å². The normalized spacial score (nSPS) is 12.4. The predicted octanol–water partition coefficient (Wildman–Crippen LogP) is 5.71. The van der Waals surface area contributed by atoms with E-state index in [0.29, 0.717) is 65.1 Å². The Morgan fingerprint density at radius 1 is 0.961 bits per heavy atom. The number of carbonyl (C=O) groups is 1. The molecule has 1 aliphatic rings. The Bertz CT molecular complexity index is 2390. The van der Waals surface area contributed by atoms with Crippen LogP contribution in [0.5, 0.6) is 17.2 Å². The number of aromatic amines is 1. The summed E-state index contributed by atoms with van der Waals surface area (Å²) in [6.45, 7) is 2.53. The topological polar surface area (TPSA) is 179 Å². The number of carbonyl (C=O) groups excluding carboxylic acids is 1. The first-order valence-corrected chi connectivity index (χ1v) is 17.0. The second kappa shape index (κ2) is 13.9. The van der Waals surface area contributed by atoms with Gasteiger partial charge >= 0.3 is 5.97 Å². The number of sulfonamides is 1. The van der Waals surface area contributed by atoms with Gasteiger partial charge in [0, 0.05) is 34.8 Å². The summed E-state index contributed by atoms with van der Waals surface area (Å²) in [7, 11) is -2.64. The molecule has 6 aromatic rings. The zero-order chi connectivity index (χ0) is 35.5. The minimum atomic E-state index is -4.09. The number of fused-ring (bicyclic) bond motifs is 2. The minimum absolute atomic E-state index is 0.00447. The summed E-state index contributed by atoms with van der Waals surface area (Å²) < 4.78 is 56.7. The van der Waals surface area contributed by atoms with Gasteiger partial charge in [0.25, 0.3) is 10.0 Å². The summed E-state index contributed by atoms with van der Waals surface area (Å²) >= 11 is 0. The van der Waals surface area contributed by atoms with Crippen molar-refractivity contribution in [2.45, 2.75) is 18.2 Å². The van der Waals surface area contributed by atoms with Crippen LogP contribution in [0.2, 0.25) is 0 Å². The fourth-order valence-corrected chi connectivity index (χ4v) is 6.46. The van der Waals surface area contributed by atoms with E-state index < -0.39 is 21.8 Å². The summed E-state index contributed by atoms with van der Waals surface area (Å²) in [6.07, 6.45) is 1.39. The molecular weight excluding hydrogens is 681 g/mol. The van der Waals surface area contributed by atoms with Crippen molar-refractivity contribution in [3.63, 3.8) is 0 Å². The van der Waals surface area contributed by atoms with Crippen molar-refractivity contribution >= 4 is 50.0 Å². The number of hydrogen-bond donors (Lipinski definition) is 4. The maximum absolute atomic E-state index is 14.7. The molecule has 0 spiro atoms. The third kappa shape index (κ3) is 7.22. The molecule has 0 unspecified atom stereocenters. The monoisotopic (exact) mass is 711 g/mol. The standard InChI is InChI=1S/C35H30FN7O7S/c1-20-5-3-4-6-32(20)51(45,46)43-50-34(44)22-8-7-21(30(16-22)47-2)15-28-25-17-23(9-11-27(25)41-42-28)39-35-37-19-26(36)33(40-35)38-24-10-12-29-31(18-24)49-14-13-48-29/h3-12,16-19,43H,13-15H2,1-2H3,(H,41,42)(H2,37,38,39,40). The van der Waals surface area contributed by atoms with Crippen LogP contribution in [0.1, 0.15) is 27.2 Å². The van der Waals surface area contributed by atoms with Crippen molar-refractivity contribution in [3.8, 4) is 17.2 Å². The molecule has 51 heavy (non-hydrogen) atoms. The van der Waals surface area contributed by atoms with Gasteiger partial charge < -0.3 is 29.7 Å². The number of benzene rings is 4. The van der Waals surface area contributed by atoms with Crippen molar-refractivity contribution in [2.24, 2.45) is 0 Å². The highest BCUT2D eigenvalue weighted by Crippen LogP contribution is 2.34. The number of aryl methyl sites for hydroxylation is 1. The summed E-state index contributed by atoms with van der Waals surface area (Å²) in [4.78, 5) is 28.0. The maximum Gasteiger partial charge on any atom is 0.357 e. The van der Waals surface area contributed by atoms with Gasteiger partial charge in [-0.05, 0) is 65.9 Å². The first-order valence-electron chi connectivity index (χ1n) is 15.6. The molecule has 0 aliphatic carbocycles. The summed E-state index contributed by atoms with van der Waals surface area (Å²) in [5.74, 6) is 0.117. The lowest BCUT2D eigenvalue weighted by molar-refractivity contribution is 0.0407. The molecule has 1 aliphatic heterocycles. The highest BCUT2D eigenvalue weighted by molar-refractivity contribution is 7.89. The minimum Gasteiger partial charge on any atom is -0.496 e. The van der Waals surface area contributed by atoms with Crippen LogP contribution in [0.3, 0.4) is 0 Å². The largest absolute Gasteiger partial charge is 0.496 e. The van der Waals surface area contributed by atoms with Gasteiger partial charge in [-0.15, -0.1) is 0 Å². The van der Waals surface area contributed by atoms with Gasteiger partial charge in [0.1, 0.15) is 19.0 Å². The SMILES string of the molecule is COc1cc(C(=O)ONS(=O)(=O)c2ccccc2C)ccc1Cc1n[nH]c2ccc(Nc3ncc(F)c(Nc4ccc5c(c4)OCCO5)n3)cc12. The van der Waals surface area contributed by atoms with Crippen LogP contribution in [0.15, 0.2) is 90.0 Å². The van der Waals surface area contributed by atoms with Gasteiger partial charge in [-0.1, -0.05) is 24.3 Å². The number of anilines is 4. The maximum atomic E-state index is 14.7. The van der Waals surface area contributed by atoms with Crippen LogP contribution in [0, 0.1) is 12.7 Å². The average molecular weight is 712 g/mol. The molecule has 7 rings (SSSR count). The first kappa shape index (κ1) is 33.2. The highest BCUT2D eigenvalue weighted by atomic mass is 32.2. The quantitative estimate of drug-likeness (QED) is 0.121. The highest BCUT2D eigenvalue weighted by Gasteiger charge is 2.21. The van der Waals surface area contributed by atoms with Crippen molar-refractivity contribution in [2.75, 3.05) is 31.0 Å². The second-order valence-corrected chi connectivity index (χ2v) is 13.0. The molecule has 3 heterocycles. The van der Waals surface area contributed by atoms with E-state index in [1.54, 1.807) is 55.5 Å². The van der Waals surface area contributed by atoms with Crippen LogP contribution in [0.4, 0.5) is 27.5 Å². The smallest absolute Gasteiger partial charge is 0.357 e. The molecule has 260 valence electrons. The molecule has 0 saturated carbocycles. The van der Waals surface area contributed by atoms with Crippen LogP contribution < -0.4 is 29.7 Å². The van der Waals surface area contributed by atoms with Crippen LogP contribution in [-0.2, 0) is 21.3 Å². The number of methoxy groups -OCH3 is 1. The number of ether oxygens (including phenoxy) is 3. The third-order valence-electron chi connectivity index (χ3n) is 7.95. The lowest BCUT2D eigenvalue weighted by Gasteiger charge is -2.19. The Morgan fingerprint density at radius 3 is 2.57 bits per heavy atom. The molecule has 14 nitrogen and oxygen atoms in total. The fourth-order valence-electron chi connectivity index (χ4n) is 5.44. The first-order chi connectivity index (χ1) is 24.7. The summed E-state index contributed by atoms with van der Waals surface area (Å²) in [5, 5.41) is 14.4. The fraction of sp³-hybridized carbons (Fsp3) is 0.143. The molecule has 0 bridgehead atoms. The summed E-state index contributed by atoms with van der Waals surface area (Å²) in [6, 6.07) is 21.7. The van der Waals surface area contributed by atoms with Crippen LogP contribution in [0.25, 0.3) is 10.9 Å². The summed E-state index contributed by atoms with van der Waals surface area (Å²) in [5.41, 5.74) is 3.91. The van der Waals surface area contributed by atoms with Gasteiger partial charge in [0.15, 0.2) is 23.1 Å². The van der Waals surface area contributed by atoms with E-state index in [1.807, 2.05) is 17.0 Å². The number of hydrogen-bond acceptors (Lipinski definition) is 12. The molecule has 0 amide bonds. The zero-order valence-corrected chi connectivity index (χ0v) is 28.0. The molecule has 0 fully saturated rings. The molecule has 2 aromatic heterocycles. The van der Waals surface area contributed by atoms with Crippen molar-refractivity contribution < 1.29 is 36.7 Å². The van der Waals surface area contributed by atoms with E-state index in [1.165, 1.54) is 25.3 Å². The zero-order valence-electron chi connectivity index (χ0n) is 27.2. The number of rotatable bonds is 11. The van der Waals surface area contributed by atoms with E-state index in [4.69, 9.17) is 19.0 Å². The number of H-pyrrole nitrogens is 1. The number of nitrogens with zero attached hydrogens (tertiary/aromatic N) is 3. The molecule has 0 radical (unpaired) electrons. The molecule has 0 saturated heterocycles. The van der Waals surface area contributed by atoms with Gasteiger partial charge in [0.2, 0.25) is 5.95 Å². The van der Waals surface area contributed by atoms with E-state index in [0.717, 1.165) is 17.1 Å². The van der Waals surface area contributed by atoms with Crippen molar-refractivity contribution in [1.29, 1.82) is 0 Å². The number of nitrogens with one attached hydrogen (secondary N) is 4. The lowest BCUT2D eigenvalue weighted by atomic mass is 10.0. The molecule has 0 atom stereocenters. The van der Waals surface area contributed by atoms with Gasteiger partial charge in [-0.25, -0.2) is 22.6 Å². The van der Waals surface area contributed by atoms with E-state index in [-0.39, 0.29) is 22.2 Å². The molecular formula is C35H30FN7O7S. The van der Waals surface area contributed by atoms with Gasteiger partial charge in [-0.2, -0.15) is 10.1 Å². The predicted molar refractivity (Wildman–Crippen MR) is 185 cm³/mol. The third-order valence-corrected chi connectivity index (χ3v) is 9.29. The van der Waals surface area contributed by atoms with E-state index in [2.05, 4.69) is 30.8 Å². The number of halogens is 1. The Labute approximate surface area is 291 Å². The second-order valence-electron chi connectivity index (χ2n) is 11.4. The Balaban J connectivity index is 1.05. The average Bonchev–Trinajstić information content (AvgIpc) is 3.53. The lowest BCUT2D eigenvalue weighted by Crippen LogP contribution is -2.28. The molecule has 16 heteroatoms. The van der Waals surface area contributed by atoms with Crippen molar-refractivity contribution in [1.82, 2.24) is 25.1 Å². The Hall–Kier alpha value is -6.26. The van der Waals surface area contributed by atoms with Gasteiger partial charge in [-0.3, -0.25) is 5.10 Å². The van der Waals surface area contributed by atoms with Gasteiger partial charge in [0.05, 0.1) is 35.0 Å². The van der Waals surface area contributed by atoms with E-state index >= 15 is 0 Å².